The second-order valence-electron chi connectivity index (χ2n) is 6.78. The average Bonchev–Trinajstić information content (AvgIpc) is 3.04. The third-order valence-corrected chi connectivity index (χ3v) is 6.14. The van der Waals surface area contributed by atoms with Crippen molar-refractivity contribution in [3.63, 3.8) is 0 Å². The maximum atomic E-state index is 13.0. The minimum atomic E-state index is 0.0441. The number of carbonyl (C=O) groups excluding carboxylic acids is 1. The highest BCUT2D eigenvalue weighted by molar-refractivity contribution is 7.15. The summed E-state index contributed by atoms with van der Waals surface area (Å²) < 4.78 is 0. The van der Waals surface area contributed by atoms with Gasteiger partial charge in [0.2, 0.25) is 5.13 Å². The van der Waals surface area contributed by atoms with Gasteiger partial charge in [-0.05, 0) is 32.1 Å². The zero-order chi connectivity index (χ0) is 16.1. The Morgan fingerprint density at radius 2 is 1.61 bits per heavy atom. The third kappa shape index (κ3) is 4.22. The summed E-state index contributed by atoms with van der Waals surface area (Å²) in [6.07, 6.45) is 13.1. The van der Waals surface area contributed by atoms with Gasteiger partial charge in [0.15, 0.2) is 0 Å². The van der Waals surface area contributed by atoms with Crippen molar-refractivity contribution in [3.8, 4) is 0 Å². The molecule has 2 amide bonds. The summed E-state index contributed by atoms with van der Waals surface area (Å²) in [6.45, 7) is 2.06. The van der Waals surface area contributed by atoms with E-state index in [1.807, 2.05) is 0 Å². The number of amides is 2. The van der Waals surface area contributed by atoms with E-state index in [-0.39, 0.29) is 6.03 Å². The minimum Gasteiger partial charge on any atom is -0.319 e. The predicted octanol–water partition coefficient (Wildman–Crippen LogP) is 4.60. The Balaban J connectivity index is 1.71. The molecule has 23 heavy (non-hydrogen) atoms. The van der Waals surface area contributed by atoms with Crippen LogP contribution in [0.15, 0.2) is 0 Å². The number of hydrogen-bond donors (Lipinski definition) is 1. The number of nitrogens with zero attached hydrogens (tertiary/aromatic N) is 3. The van der Waals surface area contributed by atoms with Crippen LogP contribution in [0.1, 0.15) is 76.1 Å². The molecule has 2 aliphatic carbocycles. The van der Waals surface area contributed by atoms with E-state index in [9.17, 15) is 4.79 Å². The van der Waals surface area contributed by atoms with E-state index in [1.54, 1.807) is 0 Å². The van der Waals surface area contributed by atoms with Gasteiger partial charge in [0.1, 0.15) is 5.01 Å². The topological polar surface area (TPSA) is 58.1 Å². The molecule has 2 aliphatic rings. The first-order chi connectivity index (χ1) is 11.3. The standard InChI is InChI=1S/C17H28N4OS/c1-2-15-19-20-16(23-15)18-17(22)21(13-9-5-3-6-10-13)14-11-7-4-8-12-14/h13-14H,2-12H2,1H3,(H,18,20,22). The Labute approximate surface area is 142 Å². The molecule has 0 radical (unpaired) electrons. The lowest BCUT2D eigenvalue weighted by atomic mass is 9.89. The van der Waals surface area contributed by atoms with Crippen molar-refractivity contribution >= 4 is 22.5 Å². The van der Waals surface area contributed by atoms with Crippen LogP contribution < -0.4 is 5.32 Å². The summed E-state index contributed by atoms with van der Waals surface area (Å²) >= 11 is 1.49. The molecular weight excluding hydrogens is 308 g/mol. The number of aromatic nitrogens is 2. The van der Waals surface area contributed by atoms with Crippen LogP contribution in [0.2, 0.25) is 0 Å². The fourth-order valence-electron chi connectivity index (χ4n) is 3.95. The highest BCUT2D eigenvalue weighted by Crippen LogP contribution is 2.31. The molecule has 0 aromatic carbocycles. The number of urea groups is 1. The quantitative estimate of drug-likeness (QED) is 0.874. The third-order valence-electron chi connectivity index (χ3n) is 5.15. The Bertz CT molecular complexity index is 488. The van der Waals surface area contributed by atoms with Gasteiger partial charge in [0, 0.05) is 12.1 Å². The van der Waals surface area contributed by atoms with Crippen molar-refractivity contribution in [3.05, 3.63) is 5.01 Å². The summed E-state index contributed by atoms with van der Waals surface area (Å²) in [5.41, 5.74) is 0. The van der Waals surface area contributed by atoms with E-state index >= 15 is 0 Å². The highest BCUT2D eigenvalue weighted by atomic mass is 32.1. The lowest BCUT2D eigenvalue weighted by Gasteiger charge is -2.41. The van der Waals surface area contributed by atoms with Gasteiger partial charge in [0.05, 0.1) is 0 Å². The molecular formula is C17H28N4OS. The van der Waals surface area contributed by atoms with Gasteiger partial charge in [-0.3, -0.25) is 5.32 Å². The summed E-state index contributed by atoms with van der Waals surface area (Å²) in [5, 5.41) is 12.9. The van der Waals surface area contributed by atoms with Crippen LogP contribution in [-0.2, 0) is 6.42 Å². The molecule has 0 atom stereocenters. The molecule has 1 N–H and O–H groups in total. The van der Waals surface area contributed by atoms with Gasteiger partial charge >= 0.3 is 6.03 Å². The lowest BCUT2D eigenvalue weighted by Crippen LogP contribution is -2.50. The molecule has 2 fully saturated rings. The van der Waals surface area contributed by atoms with E-state index in [0.29, 0.717) is 17.2 Å². The molecule has 0 saturated heterocycles. The van der Waals surface area contributed by atoms with Crippen LogP contribution >= 0.6 is 11.3 Å². The number of anilines is 1. The molecule has 0 bridgehead atoms. The molecule has 0 aliphatic heterocycles. The zero-order valence-corrected chi connectivity index (χ0v) is 14.9. The molecule has 3 rings (SSSR count). The van der Waals surface area contributed by atoms with Gasteiger partial charge in [-0.15, -0.1) is 10.2 Å². The van der Waals surface area contributed by atoms with Crippen molar-refractivity contribution in [2.24, 2.45) is 0 Å². The molecule has 1 aromatic rings. The van der Waals surface area contributed by atoms with Crippen molar-refractivity contribution < 1.29 is 4.79 Å². The van der Waals surface area contributed by atoms with Crippen molar-refractivity contribution in [1.82, 2.24) is 15.1 Å². The van der Waals surface area contributed by atoms with E-state index in [2.05, 4.69) is 27.3 Å². The van der Waals surface area contributed by atoms with E-state index in [4.69, 9.17) is 0 Å². The van der Waals surface area contributed by atoms with Crippen molar-refractivity contribution in [2.75, 3.05) is 5.32 Å². The Morgan fingerprint density at radius 3 is 2.09 bits per heavy atom. The number of carbonyl (C=O) groups is 1. The highest BCUT2D eigenvalue weighted by Gasteiger charge is 2.32. The average molecular weight is 337 g/mol. The summed E-state index contributed by atoms with van der Waals surface area (Å²) in [4.78, 5) is 15.1. The minimum absolute atomic E-state index is 0.0441. The van der Waals surface area contributed by atoms with Crippen LogP contribution in [-0.4, -0.2) is 33.2 Å². The van der Waals surface area contributed by atoms with Crippen LogP contribution in [0.25, 0.3) is 0 Å². The van der Waals surface area contributed by atoms with Crippen molar-refractivity contribution in [1.29, 1.82) is 0 Å². The SMILES string of the molecule is CCc1nnc(NC(=O)N(C2CCCCC2)C2CCCCC2)s1. The van der Waals surface area contributed by atoms with Crippen LogP contribution in [0.5, 0.6) is 0 Å². The smallest absolute Gasteiger partial charge is 0.319 e. The first-order valence-electron chi connectivity index (χ1n) is 9.19. The first-order valence-corrected chi connectivity index (χ1v) is 10.0. The first kappa shape index (κ1) is 16.7. The maximum absolute atomic E-state index is 13.0. The number of rotatable bonds is 4. The van der Waals surface area contributed by atoms with Crippen LogP contribution in [0.3, 0.4) is 0 Å². The molecule has 2 saturated carbocycles. The second kappa shape index (κ2) is 8.08. The Morgan fingerprint density at radius 1 is 1.04 bits per heavy atom. The summed E-state index contributed by atoms with van der Waals surface area (Å²) in [6, 6.07) is 0.860. The number of hydrogen-bond acceptors (Lipinski definition) is 4. The molecule has 0 unspecified atom stereocenters. The van der Waals surface area contributed by atoms with E-state index in [1.165, 1.54) is 49.9 Å². The molecule has 1 heterocycles. The summed E-state index contributed by atoms with van der Waals surface area (Å²) in [7, 11) is 0. The van der Waals surface area contributed by atoms with Gasteiger partial charge in [0.25, 0.3) is 0 Å². The molecule has 5 nitrogen and oxygen atoms in total. The van der Waals surface area contributed by atoms with Crippen LogP contribution in [0.4, 0.5) is 9.93 Å². The van der Waals surface area contributed by atoms with E-state index < -0.39 is 0 Å². The lowest BCUT2D eigenvalue weighted by molar-refractivity contribution is 0.114. The van der Waals surface area contributed by atoms with Gasteiger partial charge in [-0.25, -0.2) is 4.79 Å². The number of nitrogens with one attached hydrogen (secondary N) is 1. The van der Waals surface area contributed by atoms with E-state index in [0.717, 1.165) is 37.1 Å². The molecule has 6 heteroatoms. The molecule has 128 valence electrons. The van der Waals surface area contributed by atoms with Gasteiger partial charge < -0.3 is 4.90 Å². The normalized spacial score (nSPS) is 20.4. The second-order valence-corrected chi connectivity index (χ2v) is 7.84. The predicted molar refractivity (Wildman–Crippen MR) is 93.9 cm³/mol. The summed E-state index contributed by atoms with van der Waals surface area (Å²) in [5.74, 6) is 0. The maximum Gasteiger partial charge on any atom is 0.324 e. The fraction of sp³-hybridized carbons (Fsp3) is 0.824. The van der Waals surface area contributed by atoms with Gasteiger partial charge in [-0.1, -0.05) is 56.8 Å². The molecule has 1 aromatic heterocycles. The Kier molecular flexibility index (Phi) is 5.86. The largest absolute Gasteiger partial charge is 0.324 e. The van der Waals surface area contributed by atoms with Crippen molar-refractivity contribution in [2.45, 2.75) is 89.6 Å². The number of aryl methyl sites for hydroxylation is 1. The fourth-order valence-corrected chi connectivity index (χ4v) is 4.62. The van der Waals surface area contributed by atoms with Gasteiger partial charge in [-0.2, -0.15) is 0 Å². The Hall–Kier alpha value is -1.17. The van der Waals surface area contributed by atoms with Crippen LogP contribution in [0, 0.1) is 0 Å². The monoisotopic (exact) mass is 336 g/mol. The zero-order valence-electron chi connectivity index (χ0n) is 14.1. The molecule has 0 spiro atoms.